The van der Waals surface area contributed by atoms with Crippen molar-refractivity contribution in [1.29, 1.82) is 0 Å². The molecule has 8 nitrogen and oxygen atoms in total. The summed E-state index contributed by atoms with van der Waals surface area (Å²) in [5.41, 5.74) is 1.36. The maximum absolute atomic E-state index is 13.5. The molecule has 11 heteroatoms. The number of thiazole rings is 1. The van der Waals surface area contributed by atoms with E-state index < -0.39 is 18.0 Å². The molecule has 0 atom stereocenters. The third kappa shape index (κ3) is 5.08. The zero-order valence-electron chi connectivity index (χ0n) is 19.3. The molecule has 1 saturated carbocycles. The summed E-state index contributed by atoms with van der Waals surface area (Å²) in [5, 5.41) is 7.49. The second-order valence-corrected chi connectivity index (χ2v) is 9.16. The number of ether oxygens (including phenoxy) is 1. The number of hydrogen-bond acceptors (Lipinski definition) is 7. The lowest BCUT2D eigenvalue weighted by Gasteiger charge is -2.14. The SMILES string of the molecule is COc1cnc(C(F)F)cc1-c1cc(-c2ccn(C)n2)ncc1C(=O)Nc1ncc(C#CC2CC2)s1. The average Bonchev–Trinajstić information content (AvgIpc) is 3.44. The van der Waals surface area contributed by atoms with Crippen LogP contribution in [0.5, 0.6) is 5.75 Å². The normalized spacial score (nSPS) is 12.8. The molecule has 5 rings (SSSR count). The lowest BCUT2D eigenvalue weighted by molar-refractivity contribution is 0.102. The fourth-order valence-electron chi connectivity index (χ4n) is 3.46. The molecule has 4 heterocycles. The number of carbonyl (C=O) groups is 1. The smallest absolute Gasteiger partial charge is 0.280 e. The van der Waals surface area contributed by atoms with E-state index in [1.54, 1.807) is 36.3 Å². The zero-order chi connectivity index (χ0) is 25.2. The fourth-order valence-corrected chi connectivity index (χ4v) is 4.13. The summed E-state index contributed by atoms with van der Waals surface area (Å²) in [5.74, 6) is 6.42. The molecule has 1 N–H and O–H groups in total. The maximum atomic E-state index is 13.5. The van der Waals surface area contributed by atoms with Gasteiger partial charge < -0.3 is 4.74 Å². The average molecular weight is 507 g/mol. The quantitative estimate of drug-likeness (QED) is 0.372. The van der Waals surface area contributed by atoms with E-state index in [0.29, 0.717) is 28.0 Å². The summed E-state index contributed by atoms with van der Waals surface area (Å²) in [6, 6.07) is 4.60. The Balaban J connectivity index is 1.55. The zero-order valence-corrected chi connectivity index (χ0v) is 20.1. The molecule has 0 aliphatic heterocycles. The Morgan fingerprint density at radius 1 is 1.17 bits per heavy atom. The number of hydrogen-bond donors (Lipinski definition) is 1. The number of alkyl halides is 2. The molecule has 0 unspecified atom stereocenters. The molecule has 4 aromatic heterocycles. The van der Waals surface area contributed by atoms with E-state index in [-0.39, 0.29) is 16.9 Å². The molecule has 1 amide bonds. The molecule has 0 saturated heterocycles. The summed E-state index contributed by atoms with van der Waals surface area (Å²) in [6.45, 7) is 0. The van der Waals surface area contributed by atoms with Crippen LogP contribution < -0.4 is 10.1 Å². The highest BCUT2D eigenvalue weighted by atomic mass is 32.1. The van der Waals surface area contributed by atoms with Crippen molar-refractivity contribution in [3.8, 4) is 40.1 Å². The van der Waals surface area contributed by atoms with Crippen LogP contribution in [0.15, 0.2) is 43.0 Å². The Kier molecular flexibility index (Phi) is 6.43. The number of amides is 1. The number of halogens is 2. The van der Waals surface area contributed by atoms with Crippen LogP contribution in [0.4, 0.5) is 13.9 Å². The minimum atomic E-state index is -2.80. The van der Waals surface area contributed by atoms with Crippen molar-refractivity contribution in [2.45, 2.75) is 19.3 Å². The van der Waals surface area contributed by atoms with Gasteiger partial charge >= 0.3 is 0 Å². The first-order valence-corrected chi connectivity index (χ1v) is 11.8. The number of nitrogens with one attached hydrogen (secondary N) is 1. The monoisotopic (exact) mass is 506 g/mol. The van der Waals surface area contributed by atoms with Crippen LogP contribution in [-0.4, -0.2) is 37.7 Å². The molecule has 0 aromatic carbocycles. The van der Waals surface area contributed by atoms with Gasteiger partial charge in [0, 0.05) is 36.5 Å². The van der Waals surface area contributed by atoms with E-state index in [2.05, 4.69) is 37.2 Å². The minimum Gasteiger partial charge on any atom is -0.494 e. The number of pyridine rings is 2. The van der Waals surface area contributed by atoms with Crippen LogP contribution in [0.2, 0.25) is 0 Å². The first kappa shape index (κ1) is 23.6. The molecular formula is C25H20F2N6O2S. The predicted molar refractivity (Wildman–Crippen MR) is 131 cm³/mol. The van der Waals surface area contributed by atoms with Crippen LogP contribution in [0, 0.1) is 17.8 Å². The first-order chi connectivity index (χ1) is 17.4. The summed E-state index contributed by atoms with van der Waals surface area (Å²) < 4.78 is 34.0. The Morgan fingerprint density at radius 3 is 2.69 bits per heavy atom. The Hall–Kier alpha value is -4.17. The molecular weight excluding hydrogens is 486 g/mol. The van der Waals surface area contributed by atoms with Crippen molar-refractivity contribution >= 4 is 22.4 Å². The van der Waals surface area contributed by atoms with E-state index in [0.717, 1.165) is 17.7 Å². The van der Waals surface area contributed by atoms with Gasteiger partial charge in [-0.15, -0.1) is 0 Å². The van der Waals surface area contributed by atoms with E-state index in [9.17, 15) is 13.6 Å². The highest BCUT2D eigenvalue weighted by Crippen LogP contribution is 2.36. The lowest BCUT2D eigenvalue weighted by Crippen LogP contribution is -2.14. The molecule has 1 aliphatic carbocycles. The van der Waals surface area contributed by atoms with E-state index in [1.807, 2.05) is 0 Å². The summed E-state index contributed by atoms with van der Waals surface area (Å²) in [6.07, 6.45) is 5.40. The molecule has 4 aromatic rings. The second-order valence-electron chi connectivity index (χ2n) is 8.13. The van der Waals surface area contributed by atoms with Crippen LogP contribution in [0.25, 0.3) is 22.5 Å². The van der Waals surface area contributed by atoms with Crippen molar-refractivity contribution in [1.82, 2.24) is 24.7 Å². The number of aromatic nitrogens is 5. The van der Waals surface area contributed by atoms with Gasteiger partial charge in [0.15, 0.2) is 5.13 Å². The van der Waals surface area contributed by atoms with E-state index in [4.69, 9.17) is 4.74 Å². The van der Waals surface area contributed by atoms with Gasteiger partial charge in [0.1, 0.15) is 17.1 Å². The standard InChI is InChI=1S/C25H20F2N6O2S/c1-33-8-7-19(32-33)20-9-16(17-10-21(23(26)27)29-13-22(17)35-2)18(12-28-20)24(34)31-25-30-11-15(36-25)6-5-14-3-4-14/h7-14,23H,3-4H2,1-2H3,(H,30,31,34). The maximum Gasteiger partial charge on any atom is 0.280 e. The Labute approximate surface area is 209 Å². The number of aryl methyl sites for hydroxylation is 1. The fraction of sp³-hybridized carbons (Fsp3) is 0.240. The van der Waals surface area contributed by atoms with Gasteiger partial charge in [0.25, 0.3) is 12.3 Å². The summed E-state index contributed by atoms with van der Waals surface area (Å²) in [7, 11) is 3.17. The largest absolute Gasteiger partial charge is 0.494 e. The van der Waals surface area contributed by atoms with Gasteiger partial charge in [-0.05, 0) is 31.0 Å². The minimum absolute atomic E-state index is 0.153. The van der Waals surface area contributed by atoms with Gasteiger partial charge in [-0.25, -0.2) is 13.8 Å². The number of anilines is 1. The molecule has 1 aliphatic rings. The Bertz CT molecular complexity index is 1500. The molecule has 0 radical (unpaired) electrons. The third-order valence-corrected chi connectivity index (χ3v) is 6.28. The molecule has 0 spiro atoms. The first-order valence-electron chi connectivity index (χ1n) is 11.0. The van der Waals surface area contributed by atoms with Crippen molar-refractivity contribution in [2.75, 3.05) is 12.4 Å². The Morgan fingerprint density at radius 2 is 2.00 bits per heavy atom. The van der Waals surface area contributed by atoms with Crippen LogP contribution in [-0.2, 0) is 7.05 Å². The van der Waals surface area contributed by atoms with Crippen LogP contribution >= 0.6 is 11.3 Å². The van der Waals surface area contributed by atoms with Gasteiger partial charge in [-0.2, -0.15) is 5.10 Å². The molecule has 36 heavy (non-hydrogen) atoms. The van der Waals surface area contributed by atoms with Crippen molar-refractivity contribution in [2.24, 2.45) is 13.0 Å². The highest BCUT2D eigenvalue weighted by molar-refractivity contribution is 7.16. The van der Waals surface area contributed by atoms with Crippen molar-refractivity contribution < 1.29 is 18.3 Å². The van der Waals surface area contributed by atoms with E-state index in [1.165, 1.54) is 36.9 Å². The highest BCUT2D eigenvalue weighted by Gasteiger charge is 2.22. The molecule has 1 fully saturated rings. The molecule has 0 bridgehead atoms. The molecule has 182 valence electrons. The van der Waals surface area contributed by atoms with Crippen LogP contribution in [0.3, 0.4) is 0 Å². The van der Waals surface area contributed by atoms with E-state index >= 15 is 0 Å². The number of carbonyl (C=O) groups excluding carboxylic acids is 1. The third-order valence-electron chi connectivity index (χ3n) is 5.45. The number of methoxy groups -OCH3 is 1. The number of nitrogens with zero attached hydrogens (tertiary/aromatic N) is 5. The lowest BCUT2D eigenvalue weighted by atomic mass is 9.98. The summed E-state index contributed by atoms with van der Waals surface area (Å²) in [4.78, 5) is 26.5. The van der Waals surface area contributed by atoms with Crippen molar-refractivity contribution in [3.63, 3.8) is 0 Å². The predicted octanol–water partition coefficient (Wildman–Crippen LogP) is 4.96. The van der Waals surface area contributed by atoms with Gasteiger partial charge in [-0.3, -0.25) is 24.8 Å². The van der Waals surface area contributed by atoms with Crippen molar-refractivity contribution in [3.05, 3.63) is 59.1 Å². The topological polar surface area (TPSA) is 94.8 Å². The second kappa shape index (κ2) is 9.83. The van der Waals surface area contributed by atoms with Gasteiger partial charge in [0.2, 0.25) is 0 Å². The summed E-state index contributed by atoms with van der Waals surface area (Å²) >= 11 is 1.26. The van der Waals surface area contributed by atoms with Gasteiger partial charge in [-0.1, -0.05) is 23.2 Å². The van der Waals surface area contributed by atoms with Crippen LogP contribution in [0.1, 0.15) is 40.2 Å². The van der Waals surface area contributed by atoms with Gasteiger partial charge in [0.05, 0.1) is 35.6 Å². The number of rotatable bonds is 6.